The van der Waals surface area contributed by atoms with E-state index in [9.17, 15) is 14.0 Å². The number of aliphatic imine (C=N–C) groups is 2. The third kappa shape index (κ3) is 3.43. The van der Waals surface area contributed by atoms with Gasteiger partial charge < -0.3 is 10.5 Å². The van der Waals surface area contributed by atoms with Crippen LogP contribution in [-0.4, -0.2) is 24.3 Å². The van der Waals surface area contributed by atoms with Crippen molar-refractivity contribution in [1.29, 1.82) is 5.26 Å². The summed E-state index contributed by atoms with van der Waals surface area (Å²) >= 11 is 0. The molecule has 2 aromatic carbocycles. The number of nitrogens with zero attached hydrogens (tertiary/aromatic N) is 3. The van der Waals surface area contributed by atoms with Crippen LogP contribution >= 0.6 is 0 Å². The van der Waals surface area contributed by atoms with Crippen molar-refractivity contribution in [2.75, 3.05) is 6.61 Å². The summed E-state index contributed by atoms with van der Waals surface area (Å²) in [5.41, 5.74) is 9.57. The van der Waals surface area contributed by atoms with Crippen molar-refractivity contribution >= 4 is 11.5 Å². The molecule has 1 heterocycles. The summed E-state index contributed by atoms with van der Waals surface area (Å²) in [5.74, 6) is 0.455. The maximum atomic E-state index is 13.5. The first-order valence-corrected chi connectivity index (χ1v) is 11.8. The van der Waals surface area contributed by atoms with Crippen LogP contribution in [0.15, 0.2) is 46.4 Å². The number of nitriles is 1. The Morgan fingerprint density at radius 3 is 2.53 bits per heavy atom. The molecule has 0 radical (unpaired) electrons. The summed E-state index contributed by atoms with van der Waals surface area (Å²) < 4.78 is 32.9. The second kappa shape index (κ2) is 8.28. The molecule has 3 aliphatic rings. The zero-order chi connectivity index (χ0) is 24.1. The van der Waals surface area contributed by atoms with E-state index in [0.717, 1.165) is 48.9 Å². The summed E-state index contributed by atoms with van der Waals surface area (Å²) in [5, 5.41) is 9.37. The lowest BCUT2D eigenvalue weighted by Gasteiger charge is -2.44. The summed E-state index contributed by atoms with van der Waals surface area (Å²) in [6.07, 6.45) is 2.19. The van der Waals surface area contributed by atoms with Crippen molar-refractivity contribution in [3.63, 3.8) is 0 Å². The number of fused-ring (bicyclic) bond motifs is 3. The third-order valence-corrected chi connectivity index (χ3v) is 7.70. The van der Waals surface area contributed by atoms with Crippen molar-refractivity contribution in [2.24, 2.45) is 21.1 Å². The van der Waals surface area contributed by atoms with Gasteiger partial charge in [-0.05, 0) is 86.9 Å². The zero-order valence-corrected chi connectivity index (χ0v) is 19.4. The van der Waals surface area contributed by atoms with Crippen LogP contribution in [0.4, 0.5) is 8.78 Å². The highest BCUT2D eigenvalue weighted by Gasteiger charge is 2.60. The average Bonchev–Trinajstić information content (AvgIpc) is 3.28. The van der Waals surface area contributed by atoms with Gasteiger partial charge in [0.15, 0.2) is 5.66 Å². The number of benzene rings is 2. The number of ether oxygens (including phenoxy) is 1. The van der Waals surface area contributed by atoms with Crippen LogP contribution in [-0.2, 0) is 16.8 Å². The first-order valence-electron chi connectivity index (χ1n) is 11.8. The summed E-state index contributed by atoms with van der Waals surface area (Å²) in [7, 11) is 0. The molecule has 5 nitrogen and oxygen atoms in total. The van der Waals surface area contributed by atoms with Crippen LogP contribution in [0, 0.1) is 16.7 Å². The van der Waals surface area contributed by atoms with Gasteiger partial charge in [0.1, 0.15) is 5.84 Å². The Hall–Kier alpha value is -3.11. The molecule has 1 saturated carbocycles. The van der Waals surface area contributed by atoms with Gasteiger partial charge >= 0.3 is 0 Å². The first-order chi connectivity index (χ1) is 16.3. The standard InChI is InChI=1S/C27H28F2N4O/c1-3-34-22-6-8-26(9-7-22)14-19-5-4-18(13-23(19)27(26)32-16(2)25(31)33-27)20-10-17(15-30)11-21(12-20)24(28)29/h4-5,10-13,22,24H,3,6-9,14H2,1-2H3,(H2,31,33). The Morgan fingerprint density at radius 1 is 1.15 bits per heavy atom. The van der Waals surface area contributed by atoms with Gasteiger partial charge in [-0.1, -0.05) is 12.1 Å². The van der Waals surface area contributed by atoms with E-state index in [1.54, 1.807) is 6.07 Å². The van der Waals surface area contributed by atoms with E-state index in [2.05, 4.69) is 6.07 Å². The largest absolute Gasteiger partial charge is 0.382 e. The highest BCUT2D eigenvalue weighted by Crippen LogP contribution is 2.62. The number of rotatable bonds is 4. The Kier molecular flexibility index (Phi) is 5.52. The fourth-order valence-electron chi connectivity index (χ4n) is 6.03. The molecule has 7 heteroatoms. The van der Waals surface area contributed by atoms with Crippen molar-refractivity contribution < 1.29 is 13.5 Å². The maximum absolute atomic E-state index is 13.5. The SMILES string of the molecule is CCOC1CCC2(CC1)Cc1ccc(-c3cc(C#N)cc(C(F)F)c3)cc1C21N=C(C)C(N)=N1. The molecule has 1 aliphatic heterocycles. The highest BCUT2D eigenvalue weighted by molar-refractivity contribution is 6.41. The van der Waals surface area contributed by atoms with Crippen LogP contribution in [0.2, 0.25) is 0 Å². The molecule has 34 heavy (non-hydrogen) atoms. The predicted octanol–water partition coefficient (Wildman–Crippen LogP) is 5.67. The van der Waals surface area contributed by atoms with Gasteiger partial charge in [-0.2, -0.15) is 5.26 Å². The Morgan fingerprint density at radius 2 is 1.91 bits per heavy atom. The van der Waals surface area contributed by atoms with Gasteiger partial charge in [0, 0.05) is 23.1 Å². The summed E-state index contributed by atoms with van der Waals surface area (Å²) in [6, 6.07) is 12.4. The van der Waals surface area contributed by atoms with Crippen molar-refractivity contribution in [3.8, 4) is 17.2 Å². The Bertz CT molecular complexity index is 1220. The van der Waals surface area contributed by atoms with Crippen LogP contribution in [0.1, 0.15) is 68.2 Å². The molecule has 2 spiro atoms. The second-order valence-corrected chi connectivity index (χ2v) is 9.61. The molecule has 1 unspecified atom stereocenters. The molecule has 176 valence electrons. The van der Waals surface area contributed by atoms with Gasteiger partial charge in [0.25, 0.3) is 6.43 Å². The van der Waals surface area contributed by atoms with Crippen LogP contribution < -0.4 is 5.73 Å². The van der Waals surface area contributed by atoms with Crippen molar-refractivity contribution in [3.05, 3.63) is 58.7 Å². The Balaban J connectivity index is 1.62. The minimum absolute atomic E-state index is 0.160. The minimum Gasteiger partial charge on any atom is -0.382 e. The lowest BCUT2D eigenvalue weighted by molar-refractivity contribution is -0.0181. The van der Waals surface area contributed by atoms with Crippen molar-refractivity contribution in [2.45, 2.75) is 64.1 Å². The van der Waals surface area contributed by atoms with E-state index < -0.39 is 12.1 Å². The molecule has 0 aromatic heterocycles. The van der Waals surface area contributed by atoms with E-state index in [-0.39, 0.29) is 22.6 Å². The molecule has 1 fully saturated rings. The third-order valence-electron chi connectivity index (χ3n) is 7.70. The zero-order valence-electron chi connectivity index (χ0n) is 19.4. The fourth-order valence-corrected chi connectivity index (χ4v) is 6.03. The van der Waals surface area contributed by atoms with Crippen molar-refractivity contribution in [1.82, 2.24) is 0 Å². The highest BCUT2D eigenvalue weighted by atomic mass is 19.3. The number of alkyl halides is 2. The molecular formula is C27H28F2N4O. The quantitative estimate of drug-likeness (QED) is 0.635. The van der Waals surface area contributed by atoms with E-state index in [1.165, 1.54) is 17.7 Å². The van der Waals surface area contributed by atoms with Gasteiger partial charge in [-0.15, -0.1) is 0 Å². The van der Waals surface area contributed by atoms with Gasteiger partial charge in [0.05, 0.1) is 23.4 Å². The number of halogens is 2. The molecule has 2 aliphatic carbocycles. The molecule has 0 saturated heterocycles. The lowest BCUT2D eigenvalue weighted by atomic mass is 9.65. The topological polar surface area (TPSA) is 83.8 Å². The Labute approximate surface area is 198 Å². The van der Waals surface area contributed by atoms with Crippen LogP contribution in [0.3, 0.4) is 0 Å². The van der Waals surface area contributed by atoms with Gasteiger partial charge in [-0.25, -0.2) is 13.8 Å². The first kappa shape index (κ1) is 22.7. The normalized spacial score (nSPS) is 27.7. The molecule has 0 bridgehead atoms. The van der Waals surface area contributed by atoms with Crippen LogP contribution in [0.25, 0.3) is 11.1 Å². The fraction of sp³-hybridized carbons (Fsp3) is 0.444. The molecule has 2 N–H and O–H groups in total. The van der Waals surface area contributed by atoms with E-state index in [0.29, 0.717) is 18.0 Å². The smallest absolute Gasteiger partial charge is 0.263 e. The minimum atomic E-state index is -2.65. The molecule has 5 rings (SSSR count). The van der Waals surface area contributed by atoms with E-state index in [1.807, 2.05) is 32.0 Å². The molecular weight excluding hydrogens is 434 g/mol. The second-order valence-electron chi connectivity index (χ2n) is 9.61. The predicted molar refractivity (Wildman–Crippen MR) is 128 cm³/mol. The summed E-state index contributed by atoms with van der Waals surface area (Å²) in [4.78, 5) is 10.1. The molecule has 2 aromatic rings. The van der Waals surface area contributed by atoms with E-state index in [4.69, 9.17) is 20.5 Å². The number of hydrogen-bond donors (Lipinski definition) is 1. The molecule has 1 atom stereocenters. The number of amidine groups is 1. The maximum Gasteiger partial charge on any atom is 0.263 e. The average molecular weight is 463 g/mol. The monoisotopic (exact) mass is 462 g/mol. The number of nitrogens with two attached hydrogens (primary N) is 1. The van der Waals surface area contributed by atoms with E-state index >= 15 is 0 Å². The van der Waals surface area contributed by atoms with Crippen LogP contribution in [0.5, 0.6) is 0 Å². The summed E-state index contributed by atoms with van der Waals surface area (Å²) in [6.45, 7) is 4.62. The lowest BCUT2D eigenvalue weighted by Crippen LogP contribution is -2.43. The molecule has 0 amide bonds. The van der Waals surface area contributed by atoms with Gasteiger partial charge in [0.2, 0.25) is 0 Å². The number of hydrogen-bond acceptors (Lipinski definition) is 5. The van der Waals surface area contributed by atoms with Gasteiger partial charge in [-0.3, -0.25) is 4.99 Å².